The zero-order valence-electron chi connectivity index (χ0n) is 6.16. The highest BCUT2D eigenvalue weighted by molar-refractivity contribution is 9.10. The van der Waals surface area contributed by atoms with E-state index in [4.69, 9.17) is 11.6 Å². The van der Waals surface area contributed by atoms with Gasteiger partial charge in [-0.25, -0.2) is 0 Å². The molecule has 0 amide bonds. The van der Waals surface area contributed by atoms with E-state index in [2.05, 4.69) is 27.1 Å². The molecular formula is C6H8BrN3S2. The summed E-state index contributed by atoms with van der Waals surface area (Å²) < 4.78 is 1.10. The van der Waals surface area contributed by atoms with Crippen molar-refractivity contribution >= 4 is 44.2 Å². The summed E-state index contributed by atoms with van der Waals surface area (Å²) >= 11 is 6.49. The number of hydrogen-bond acceptors (Lipinski definition) is 4. The van der Waals surface area contributed by atoms with Gasteiger partial charge in [0.25, 0.3) is 0 Å². The van der Waals surface area contributed by atoms with Crippen molar-refractivity contribution in [3.8, 4) is 0 Å². The van der Waals surface area contributed by atoms with Gasteiger partial charge in [-0.1, -0.05) is 11.8 Å². The minimum atomic E-state index is 0.416. The molecule has 66 valence electrons. The number of hydrazone groups is 1. The predicted molar refractivity (Wildman–Crippen MR) is 59.1 cm³/mol. The van der Waals surface area contributed by atoms with Crippen molar-refractivity contribution in [3.63, 3.8) is 0 Å². The average Bonchev–Trinajstić information content (AvgIpc) is 2.47. The second-order valence-electron chi connectivity index (χ2n) is 1.99. The molecule has 4 N–H and O–H groups in total. The maximum Gasteiger partial charge on any atom is 0.177 e. The zero-order chi connectivity index (χ0) is 8.97. The molecule has 1 rings (SSSR count). The van der Waals surface area contributed by atoms with Crippen LogP contribution in [0.1, 0.15) is 4.88 Å². The van der Waals surface area contributed by atoms with Crippen LogP contribution in [0.3, 0.4) is 0 Å². The van der Waals surface area contributed by atoms with Crippen LogP contribution in [-0.2, 0) is 5.75 Å². The van der Waals surface area contributed by atoms with E-state index >= 15 is 0 Å². The van der Waals surface area contributed by atoms with E-state index in [-0.39, 0.29) is 0 Å². The summed E-state index contributed by atoms with van der Waals surface area (Å²) in [5.41, 5.74) is 5.41. The van der Waals surface area contributed by atoms with Crippen LogP contribution in [0.25, 0.3) is 0 Å². The highest BCUT2D eigenvalue weighted by Crippen LogP contribution is 2.23. The summed E-state index contributed by atoms with van der Waals surface area (Å²) in [5.74, 6) is 5.80. The van der Waals surface area contributed by atoms with Crippen LogP contribution in [0.15, 0.2) is 21.0 Å². The molecule has 1 aromatic rings. The van der Waals surface area contributed by atoms with Crippen LogP contribution >= 0.6 is 39.0 Å². The predicted octanol–water partition coefficient (Wildman–Crippen LogP) is 1.93. The molecule has 0 spiro atoms. The Morgan fingerprint density at radius 1 is 1.75 bits per heavy atom. The molecule has 0 fully saturated rings. The fourth-order valence-electron chi connectivity index (χ4n) is 0.612. The second-order valence-corrected chi connectivity index (χ2v) is 4.89. The number of hydrogen-bond donors (Lipinski definition) is 2. The van der Waals surface area contributed by atoms with E-state index in [1.165, 1.54) is 16.6 Å². The van der Waals surface area contributed by atoms with E-state index in [1.54, 1.807) is 11.3 Å². The molecule has 12 heavy (non-hydrogen) atoms. The first-order chi connectivity index (χ1) is 5.72. The molecule has 0 saturated heterocycles. The van der Waals surface area contributed by atoms with Gasteiger partial charge in [-0.05, 0) is 22.0 Å². The Hall–Kier alpha value is -0.200. The number of thiophene rings is 1. The topological polar surface area (TPSA) is 64.4 Å². The Balaban J connectivity index is 2.43. The van der Waals surface area contributed by atoms with Gasteiger partial charge in [-0.15, -0.1) is 11.3 Å². The van der Waals surface area contributed by atoms with Crippen molar-refractivity contribution in [2.45, 2.75) is 5.75 Å². The Bertz CT molecular complexity index is 284. The number of amidine groups is 1. The third kappa shape index (κ3) is 3.04. The van der Waals surface area contributed by atoms with E-state index in [0.29, 0.717) is 5.17 Å². The molecule has 0 saturated carbocycles. The fourth-order valence-corrected chi connectivity index (χ4v) is 2.74. The summed E-state index contributed by atoms with van der Waals surface area (Å²) in [6.07, 6.45) is 0. The highest BCUT2D eigenvalue weighted by atomic mass is 79.9. The summed E-state index contributed by atoms with van der Waals surface area (Å²) in [7, 11) is 0. The maximum atomic E-state index is 5.41. The lowest BCUT2D eigenvalue weighted by Gasteiger charge is -1.94. The Kier molecular flexibility index (Phi) is 3.90. The second kappa shape index (κ2) is 4.74. The molecule has 6 heteroatoms. The van der Waals surface area contributed by atoms with Gasteiger partial charge in [-0.2, -0.15) is 5.10 Å². The van der Waals surface area contributed by atoms with Crippen molar-refractivity contribution in [1.82, 2.24) is 0 Å². The lowest BCUT2D eigenvalue weighted by atomic mass is 10.5. The molecule has 0 atom stereocenters. The first-order valence-corrected chi connectivity index (χ1v) is 5.77. The zero-order valence-corrected chi connectivity index (χ0v) is 9.38. The number of nitrogens with two attached hydrogens (primary N) is 2. The highest BCUT2D eigenvalue weighted by Gasteiger charge is 1.99. The van der Waals surface area contributed by atoms with E-state index < -0.39 is 0 Å². The molecule has 1 aromatic heterocycles. The standard InChI is InChI=1S/C6H8BrN3S2/c7-4-1-5(11-2-4)3-12-6(8)10-9/h1-2H,3,9H2,(H2,8,10). The van der Waals surface area contributed by atoms with Crippen LogP contribution in [0, 0.1) is 0 Å². The quantitative estimate of drug-likeness (QED) is 0.372. The van der Waals surface area contributed by atoms with Crippen molar-refractivity contribution < 1.29 is 0 Å². The molecule has 0 aromatic carbocycles. The van der Waals surface area contributed by atoms with Gasteiger partial charge < -0.3 is 11.6 Å². The molecule has 0 aliphatic heterocycles. The first-order valence-electron chi connectivity index (χ1n) is 3.11. The molecule has 3 nitrogen and oxygen atoms in total. The fraction of sp³-hybridized carbons (Fsp3) is 0.167. The lowest BCUT2D eigenvalue weighted by Crippen LogP contribution is -2.08. The van der Waals surface area contributed by atoms with Crippen LogP contribution in [-0.4, -0.2) is 5.17 Å². The average molecular weight is 266 g/mol. The van der Waals surface area contributed by atoms with Gasteiger partial charge in [0.1, 0.15) is 0 Å². The Morgan fingerprint density at radius 3 is 3.00 bits per heavy atom. The third-order valence-electron chi connectivity index (χ3n) is 1.11. The monoisotopic (exact) mass is 265 g/mol. The van der Waals surface area contributed by atoms with E-state index in [9.17, 15) is 0 Å². The van der Waals surface area contributed by atoms with Gasteiger partial charge in [0, 0.05) is 20.5 Å². The van der Waals surface area contributed by atoms with Crippen LogP contribution in [0.2, 0.25) is 0 Å². The SMILES string of the molecule is NN=C(N)SCc1cc(Br)cs1. The molecular weight excluding hydrogens is 258 g/mol. The molecule has 0 radical (unpaired) electrons. The molecule has 0 bridgehead atoms. The number of rotatable bonds is 2. The van der Waals surface area contributed by atoms with Crippen LogP contribution < -0.4 is 11.6 Å². The molecule has 0 aliphatic rings. The number of nitrogens with zero attached hydrogens (tertiary/aromatic N) is 1. The van der Waals surface area contributed by atoms with E-state index in [1.807, 2.05) is 5.38 Å². The third-order valence-corrected chi connectivity index (χ3v) is 3.85. The van der Waals surface area contributed by atoms with Gasteiger partial charge in [0.15, 0.2) is 5.17 Å². The first kappa shape index (κ1) is 9.88. The minimum absolute atomic E-state index is 0.416. The smallest absolute Gasteiger partial charge is 0.177 e. The van der Waals surface area contributed by atoms with Crippen molar-refractivity contribution in [2.24, 2.45) is 16.7 Å². The van der Waals surface area contributed by atoms with Crippen molar-refractivity contribution in [1.29, 1.82) is 0 Å². The summed E-state index contributed by atoms with van der Waals surface area (Å²) in [6.45, 7) is 0. The van der Waals surface area contributed by atoms with Crippen LogP contribution in [0.4, 0.5) is 0 Å². The number of thioether (sulfide) groups is 1. The molecule has 0 unspecified atom stereocenters. The van der Waals surface area contributed by atoms with Gasteiger partial charge >= 0.3 is 0 Å². The van der Waals surface area contributed by atoms with Gasteiger partial charge in [-0.3, -0.25) is 0 Å². The number of halogens is 1. The van der Waals surface area contributed by atoms with Gasteiger partial charge in [0.05, 0.1) is 0 Å². The summed E-state index contributed by atoms with van der Waals surface area (Å²) in [6, 6.07) is 2.06. The summed E-state index contributed by atoms with van der Waals surface area (Å²) in [5, 5.41) is 5.81. The van der Waals surface area contributed by atoms with Crippen molar-refractivity contribution in [2.75, 3.05) is 0 Å². The lowest BCUT2D eigenvalue weighted by molar-refractivity contribution is 1.25. The van der Waals surface area contributed by atoms with E-state index in [0.717, 1.165) is 10.2 Å². The Morgan fingerprint density at radius 2 is 2.50 bits per heavy atom. The molecule has 0 aliphatic carbocycles. The summed E-state index contributed by atoms with van der Waals surface area (Å²) in [4.78, 5) is 1.25. The minimum Gasteiger partial charge on any atom is -0.377 e. The Labute approximate surface area is 87.3 Å². The largest absolute Gasteiger partial charge is 0.377 e. The van der Waals surface area contributed by atoms with Crippen molar-refractivity contribution in [3.05, 3.63) is 20.8 Å². The maximum absolute atomic E-state index is 5.41. The molecule has 1 heterocycles. The normalized spacial score (nSPS) is 11.9. The van der Waals surface area contributed by atoms with Gasteiger partial charge in [0.2, 0.25) is 0 Å². The van der Waals surface area contributed by atoms with Crippen LogP contribution in [0.5, 0.6) is 0 Å².